The summed E-state index contributed by atoms with van der Waals surface area (Å²) in [6.07, 6.45) is 5.09. The van der Waals surface area contributed by atoms with Gasteiger partial charge in [0.15, 0.2) is 5.78 Å². The van der Waals surface area contributed by atoms with Crippen molar-refractivity contribution in [2.45, 2.75) is 52.5 Å². The molecule has 0 saturated carbocycles. The number of hydrogen-bond donors (Lipinski definition) is 0. The molecule has 0 N–H and O–H groups in total. The number of likely N-dealkylation sites (tertiary alicyclic amines) is 1. The average molecular weight is 265 g/mol. The molecule has 1 atom stereocenters. The first kappa shape index (κ1) is 13.8. The first-order valence-electron chi connectivity index (χ1n) is 6.92. The van der Waals surface area contributed by atoms with Gasteiger partial charge in [-0.25, -0.2) is 0 Å². The molecule has 100 valence electrons. The topological polar surface area (TPSA) is 20.3 Å². The minimum Gasteiger partial charge on any atom is -0.293 e. The van der Waals surface area contributed by atoms with Gasteiger partial charge in [-0.15, -0.1) is 11.3 Å². The summed E-state index contributed by atoms with van der Waals surface area (Å²) in [5, 5.41) is 0. The number of rotatable bonds is 3. The van der Waals surface area contributed by atoms with Crippen molar-refractivity contribution in [1.82, 2.24) is 4.90 Å². The summed E-state index contributed by atoms with van der Waals surface area (Å²) in [5.74, 6) is 0.297. The molecule has 1 aromatic rings. The van der Waals surface area contributed by atoms with E-state index in [1.807, 2.05) is 6.07 Å². The van der Waals surface area contributed by atoms with Crippen LogP contribution < -0.4 is 0 Å². The van der Waals surface area contributed by atoms with E-state index in [2.05, 4.69) is 25.7 Å². The van der Waals surface area contributed by atoms with Gasteiger partial charge in [-0.05, 0) is 46.2 Å². The molecule has 1 saturated heterocycles. The first-order chi connectivity index (χ1) is 8.58. The first-order valence-corrected chi connectivity index (χ1v) is 7.74. The third-order valence-electron chi connectivity index (χ3n) is 3.88. The Morgan fingerprint density at radius 2 is 2.17 bits per heavy atom. The number of nitrogens with zero attached hydrogens (tertiary/aromatic N) is 1. The van der Waals surface area contributed by atoms with Crippen LogP contribution in [0.2, 0.25) is 0 Å². The Labute approximate surface area is 114 Å². The summed E-state index contributed by atoms with van der Waals surface area (Å²) < 4.78 is 0. The van der Waals surface area contributed by atoms with Crippen LogP contribution in [-0.4, -0.2) is 29.8 Å². The molecular formula is C15H23NOS. The maximum Gasteiger partial charge on any atom is 0.177 e. The van der Waals surface area contributed by atoms with E-state index in [0.29, 0.717) is 18.4 Å². The fraction of sp³-hybridized carbons (Fsp3) is 0.667. The number of Topliss-reactive ketones (excluding diaryl/α,β-unsaturated/α-hetero) is 1. The third kappa shape index (κ3) is 3.21. The van der Waals surface area contributed by atoms with Crippen molar-refractivity contribution in [3.8, 4) is 0 Å². The maximum atomic E-state index is 12.4. The van der Waals surface area contributed by atoms with Crippen LogP contribution in [0.1, 0.15) is 52.7 Å². The van der Waals surface area contributed by atoms with Crippen LogP contribution in [0.25, 0.3) is 0 Å². The molecule has 1 fully saturated rings. The third-order valence-corrected chi connectivity index (χ3v) is 4.84. The lowest BCUT2D eigenvalue weighted by Gasteiger charge is -2.25. The zero-order valence-corrected chi connectivity index (χ0v) is 12.5. The number of thiophene rings is 1. The van der Waals surface area contributed by atoms with Gasteiger partial charge in [0.2, 0.25) is 0 Å². The average Bonchev–Trinajstić information content (AvgIpc) is 2.52. The van der Waals surface area contributed by atoms with Crippen LogP contribution in [0.15, 0.2) is 6.07 Å². The molecule has 2 heterocycles. The van der Waals surface area contributed by atoms with E-state index in [4.69, 9.17) is 0 Å². The van der Waals surface area contributed by atoms with Crippen molar-refractivity contribution >= 4 is 17.1 Å². The van der Waals surface area contributed by atoms with Gasteiger partial charge in [0.1, 0.15) is 0 Å². The highest BCUT2D eigenvalue weighted by Gasteiger charge is 2.21. The van der Waals surface area contributed by atoms with E-state index < -0.39 is 0 Å². The molecule has 2 rings (SSSR count). The minimum atomic E-state index is 0.297. The van der Waals surface area contributed by atoms with Crippen molar-refractivity contribution in [1.29, 1.82) is 0 Å². The lowest BCUT2D eigenvalue weighted by molar-refractivity contribution is 0.0901. The second kappa shape index (κ2) is 5.98. The van der Waals surface area contributed by atoms with Gasteiger partial charge in [-0.3, -0.25) is 9.69 Å². The SMILES string of the molecule is Cc1cc(C(=O)CN2CCCCCC2C)c(C)s1. The molecule has 0 bridgehead atoms. The van der Waals surface area contributed by atoms with Crippen molar-refractivity contribution < 1.29 is 4.79 Å². The number of hydrogen-bond acceptors (Lipinski definition) is 3. The van der Waals surface area contributed by atoms with Gasteiger partial charge in [0.25, 0.3) is 0 Å². The molecule has 3 heteroatoms. The van der Waals surface area contributed by atoms with Crippen molar-refractivity contribution in [2.24, 2.45) is 0 Å². The smallest absolute Gasteiger partial charge is 0.177 e. The molecule has 1 aliphatic rings. The van der Waals surface area contributed by atoms with E-state index >= 15 is 0 Å². The normalized spacial score (nSPS) is 21.8. The van der Waals surface area contributed by atoms with Crippen molar-refractivity contribution in [3.05, 3.63) is 21.4 Å². The van der Waals surface area contributed by atoms with Crippen LogP contribution in [-0.2, 0) is 0 Å². The van der Waals surface area contributed by atoms with Gasteiger partial charge in [-0.2, -0.15) is 0 Å². The van der Waals surface area contributed by atoms with E-state index in [0.717, 1.165) is 12.1 Å². The minimum absolute atomic E-state index is 0.297. The number of aryl methyl sites for hydroxylation is 2. The Balaban J connectivity index is 2.04. The van der Waals surface area contributed by atoms with Crippen LogP contribution in [0.5, 0.6) is 0 Å². The monoisotopic (exact) mass is 265 g/mol. The van der Waals surface area contributed by atoms with Gasteiger partial charge in [-0.1, -0.05) is 12.8 Å². The molecule has 1 unspecified atom stereocenters. The number of carbonyl (C=O) groups excluding carboxylic acids is 1. The predicted octanol–water partition coefficient (Wildman–Crippen LogP) is 3.81. The number of carbonyl (C=O) groups is 1. The molecule has 0 aliphatic carbocycles. The van der Waals surface area contributed by atoms with Crippen LogP contribution >= 0.6 is 11.3 Å². The van der Waals surface area contributed by atoms with Crippen LogP contribution in [0.4, 0.5) is 0 Å². The van der Waals surface area contributed by atoms with Crippen LogP contribution in [0, 0.1) is 13.8 Å². The quantitative estimate of drug-likeness (QED) is 0.775. The zero-order valence-electron chi connectivity index (χ0n) is 11.7. The Hall–Kier alpha value is -0.670. The molecular weight excluding hydrogens is 242 g/mol. The Morgan fingerprint density at radius 1 is 1.39 bits per heavy atom. The second-order valence-corrected chi connectivity index (χ2v) is 6.88. The fourth-order valence-corrected chi connectivity index (χ4v) is 3.69. The van der Waals surface area contributed by atoms with Gasteiger partial charge >= 0.3 is 0 Å². The Morgan fingerprint density at radius 3 is 2.83 bits per heavy atom. The summed E-state index contributed by atoms with van der Waals surface area (Å²) >= 11 is 1.73. The fourth-order valence-electron chi connectivity index (χ4n) is 2.75. The highest BCUT2D eigenvalue weighted by Crippen LogP contribution is 2.22. The highest BCUT2D eigenvalue weighted by atomic mass is 32.1. The zero-order chi connectivity index (χ0) is 13.1. The molecule has 1 aliphatic heterocycles. The molecule has 0 aromatic carbocycles. The Bertz CT molecular complexity index is 424. The van der Waals surface area contributed by atoms with Crippen molar-refractivity contribution in [2.75, 3.05) is 13.1 Å². The molecule has 1 aromatic heterocycles. The summed E-state index contributed by atoms with van der Waals surface area (Å²) in [4.78, 5) is 17.1. The maximum absolute atomic E-state index is 12.4. The van der Waals surface area contributed by atoms with Gasteiger partial charge in [0.05, 0.1) is 6.54 Å². The van der Waals surface area contributed by atoms with E-state index in [1.165, 1.54) is 35.4 Å². The molecule has 0 radical (unpaired) electrons. The molecule has 18 heavy (non-hydrogen) atoms. The number of ketones is 1. The van der Waals surface area contributed by atoms with E-state index in [9.17, 15) is 4.79 Å². The molecule has 0 amide bonds. The molecule has 0 spiro atoms. The van der Waals surface area contributed by atoms with Gasteiger partial charge < -0.3 is 0 Å². The van der Waals surface area contributed by atoms with Crippen LogP contribution in [0.3, 0.4) is 0 Å². The lowest BCUT2D eigenvalue weighted by atomic mass is 10.1. The van der Waals surface area contributed by atoms with E-state index in [1.54, 1.807) is 11.3 Å². The highest BCUT2D eigenvalue weighted by molar-refractivity contribution is 7.12. The largest absolute Gasteiger partial charge is 0.293 e. The second-order valence-electron chi connectivity index (χ2n) is 5.42. The summed E-state index contributed by atoms with van der Waals surface area (Å²) in [6.45, 7) is 8.05. The summed E-state index contributed by atoms with van der Waals surface area (Å²) in [7, 11) is 0. The predicted molar refractivity (Wildman–Crippen MR) is 77.6 cm³/mol. The summed E-state index contributed by atoms with van der Waals surface area (Å²) in [5.41, 5.74) is 0.939. The standard InChI is InChI=1S/C15H23NOS/c1-11-7-5-4-6-8-16(11)10-15(17)14-9-12(2)18-13(14)3/h9,11H,4-8,10H2,1-3H3. The molecule has 2 nitrogen and oxygen atoms in total. The summed E-state index contributed by atoms with van der Waals surface area (Å²) in [6, 6.07) is 2.60. The van der Waals surface area contributed by atoms with Crippen molar-refractivity contribution in [3.63, 3.8) is 0 Å². The Kier molecular flexibility index (Phi) is 4.57. The van der Waals surface area contributed by atoms with E-state index in [-0.39, 0.29) is 0 Å². The lowest BCUT2D eigenvalue weighted by Crippen LogP contribution is -2.37. The van der Waals surface area contributed by atoms with Gasteiger partial charge in [0, 0.05) is 21.4 Å².